The van der Waals surface area contributed by atoms with Gasteiger partial charge in [0.2, 0.25) is 0 Å². The Hall–Kier alpha value is -0.640. The van der Waals surface area contributed by atoms with Crippen molar-refractivity contribution in [3.63, 3.8) is 0 Å². The zero-order valence-electron chi connectivity index (χ0n) is 10.6. The first-order valence-electron chi connectivity index (χ1n) is 6.23. The molecule has 0 aromatic heterocycles. The first-order chi connectivity index (χ1) is 8.36. The summed E-state index contributed by atoms with van der Waals surface area (Å²) in [5, 5.41) is 20.1. The topological polar surface area (TPSA) is 87.4 Å². The second-order valence-electron chi connectivity index (χ2n) is 5.50. The van der Waals surface area contributed by atoms with E-state index in [0.29, 0.717) is 25.7 Å². The lowest BCUT2D eigenvalue weighted by molar-refractivity contribution is -0.0983. The maximum absolute atomic E-state index is 11.6. The van der Waals surface area contributed by atoms with Gasteiger partial charge in [-0.1, -0.05) is 0 Å². The van der Waals surface area contributed by atoms with Gasteiger partial charge in [-0.25, -0.2) is 8.42 Å². The van der Waals surface area contributed by atoms with Gasteiger partial charge in [-0.15, -0.1) is 0 Å². The van der Waals surface area contributed by atoms with Crippen LogP contribution in [0.5, 0.6) is 0 Å². The van der Waals surface area contributed by atoms with Crippen LogP contribution in [0.3, 0.4) is 0 Å². The van der Waals surface area contributed by atoms with Crippen LogP contribution in [0, 0.1) is 16.7 Å². The van der Waals surface area contributed by atoms with Crippen LogP contribution in [-0.4, -0.2) is 43.8 Å². The minimum absolute atomic E-state index is 0.0105. The number of nitrogens with zero attached hydrogens (tertiary/aromatic N) is 1. The summed E-state index contributed by atoms with van der Waals surface area (Å²) in [6, 6.07) is 2.11. The summed E-state index contributed by atoms with van der Waals surface area (Å²) in [5.74, 6) is -0.193. The summed E-state index contributed by atoms with van der Waals surface area (Å²) in [7, 11) is -1.55. The van der Waals surface area contributed by atoms with Crippen molar-refractivity contribution >= 4 is 9.84 Å². The molecule has 18 heavy (non-hydrogen) atoms. The summed E-state index contributed by atoms with van der Waals surface area (Å²) in [6.07, 6.45) is 2.59. The van der Waals surface area contributed by atoms with Crippen LogP contribution in [0.1, 0.15) is 32.1 Å². The summed E-state index contributed by atoms with van der Waals surface area (Å²) < 4.78 is 28.5. The molecule has 0 aromatic rings. The third kappa shape index (κ3) is 2.15. The first kappa shape index (κ1) is 13.8. The Bertz CT molecular complexity index is 459. The molecule has 0 spiro atoms. The van der Waals surface area contributed by atoms with Crippen LogP contribution in [0.15, 0.2) is 0 Å². The Morgan fingerprint density at radius 3 is 2.33 bits per heavy atom. The molecular weight excluding hydrogens is 254 g/mol. The Labute approximate surface area is 108 Å². The lowest BCUT2D eigenvalue weighted by atomic mass is 9.65. The van der Waals surface area contributed by atoms with Gasteiger partial charge in [-0.2, -0.15) is 5.26 Å². The van der Waals surface area contributed by atoms with Crippen molar-refractivity contribution in [2.45, 2.75) is 43.8 Å². The fourth-order valence-electron chi connectivity index (χ4n) is 3.19. The molecule has 2 aliphatic rings. The van der Waals surface area contributed by atoms with Gasteiger partial charge in [0.15, 0.2) is 9.84 Å². The number of sulfone groups is 1. The van der Waals surface area contributed by atoms with Crippen molar-refractivity contribution in [1.82, 2.24) is 0 Å². The van der Waals surface area contributed by atoms with Crippen LogP contribution in [0.25, 0.3) is 0 Å². The summed E-state index contributed by atoms with van der Waals surface area (Å²) in [5.41, 5.74) is -2.30. The molecule has 0 amide bonds. The van der Waals surface area contributed by atoms with Gasteiger partial charge >= 0.3 is 0 Å². The van der Waals surface area contributed by atoms with E-state index in [-0.39, 0.29) is 24.0 Å². The zero-order chi connectivity index (χ0) is 13.4. The number of hydrogen-bond donors (Lipinski definition) is 1. The van der Waals surface area contributed by atoms with Crippen molar-refractivity contribution in [1.29, 1.82) is 5.26 Å². The van der Waals surface area contributed by atoms with Crippen molar-refractivity contribution in [3.8, 4) is 6.07 Å². The quantitative estimate of drug-likeness (QED) is 0.797. The highest BCUT2D eigenvalue weighted by Crippen LogP contribution is 2.48. The van der Waals surface area contributed by atoms with Gasteiger partial charge in [0, 0.05) is 7.11 Å². The molecule has 1 atom stereocenters. The average Bonchev–Trinajstić information content (AvgIpc) is 2.68. The van der Waals surface area contributed by atoms with E-state index in [1.807, 2.05) is 0 Å². The molecular formula is C12H19NO4S. The zero-order valence-corrected chi connectivity index (χ0v) is 11.4. The highest BCUT2D eigenvalue weighted by Gasteiger charge is 2.57. The average molecular weight is 273 g/mol. The molecule has 1 unspecified atom stereocenters. The molecule has 102 valence electrons. The molecule has 0 aromatic carbocycles. The van der Waals surface area contributed by atoms with Crippen LogP contribution in [0.4, 0.5) is 0 Å². The second-order valence-corrected chi connectivity index (χ2v) is 7.69. The largest absolute Gasteiger partial charge is 0.388 e. The maximum Gasteiger partial charge on any atom is 0.152 e. The Balaban J connectivity index is 2.22. The highest BCUT2D eigenvalue weighted by atomic mass is 32.2. The fraction of sp³-hybridized carbons (Fsp3) is 0.917. The number of nitriles is 1. The minimum Gasteiger partial charge on any atom is -0.388 e. The Kier molecular flexibility index (Phi) is 3.43. The third-order valence-corrected chi connectivity index (χ3v) is 6.26. The molecule has 6 heteroatoms. The third-order valence-electron chi connectivity index (χ3n) is 4.50. The number of rotatable bonds is 2. The molecule has 2 rings (SSSR count). The monoisotopic (exact) mass is 273 g/mol. The van der Waals surface area contributed by atoms with E-state index < -0.39 is 20.9 Å². The molecule has 1 saturated heterocycles. The summed E-state index contributed by atoms with van der Waals surface area (Å²) in [4.78, 5) is 0. The van der Waals surface area contributed by atoms with Gasteiger partial charge < -0.3 is 9.84 Å². The molecule has 2 fully saturated rings. The maximum atomic E-state index is 11.6. The molecule has 1 saturated carbocycles. The predicted octanol–water partition coefficient (Wildman–Crippen LogP) is 0.635. The number of aliphatic hydroxyl groups is 1. The smallest absolute Gasteiger partial charge is 0.152 e. The number of methoxy groups -OCH3 is 1. The number of hydrogen-bond acceptors (Lipinski definition) is 5. The normalized spacial score (nSPS) is 43.5. The standard InChI is InChI=1S/C12H19NO4S/c1-17-10-2-4-12(14,5-3-10)11(8-13)6-7-18(15,16)9-11/h10,14H,2-7,9H2,1H3. The number of ether oxygens (including phenoxy) is 1. The molecule has 1 aliphatic carbocycles. The van der Waals surface area contributed by atoms with E-state index >= 15 is 0 Å². The lowest BCUT2D eigenvalue weighted by Crippen LogP contribution is -2.51. The minimum atomic E-state index is -3.19. The predicted molar refractivity (Wildman–Crippen MR) is 65.5 cm³/mol. The van der Waals surface area contributed by atoms with E-state index in [9.17, 15) is 18.8 Å². The van der Waals surface area contributed by atoms with Gasteiger partial charge in [-0.05, 0) is 32.1 Å². The molecule has 5 nitrogen and oxygen atoms in total. The van der Waals surface area contributed by atoms with E-state index in [0.717, 1.165) is 0 Å². The van der Waals surface area contributed by atoms with Gasteiger partial charge in [0.05, 0.1) is 29.3 Å². The van der Waals surface area contributed by atoms with E-state index in [4.69, 9.17) is 4.74 Å². The second kappa shape index (κ2) is 4.48. The summed E-state index contributed by atoms with van der Waals surface area (Å²) in [6.45, 7) is 0. The van der Waals surface area contributed by atoms with Crippen LogP contribution in [0.2, 0.25) is 0 Å². The molecule has 0 radical (unpaired) electrons. The Morgan fingerprint density at radius 2 is 1.94 bits per heavy atom. The van der Waals surface area contributed by atoms with E-state index in [2.05, 4.69) is 6.07 Å². The van der Waals surface area contributed by atoms with Crippen LogP contribution in [-0.2, 0) is 14.6 Å². The van der Waals surface area contributed by atoms with Crippen molar-refractivity contribution in [3.05, 3.63) is 0 Å². The van der Waals surface area contributed by atoms with Crippen LogP contribution < -0.4 is 0 Å². The highest BCUT2D eigenvalue weighted by molar-refractivity contribution is 7.91. The van der Waals surface area contributed by atoms with Crippen molar-refractivity contribution in [2.75, 3.05) is 18.6 Å². The van der Waals surface area contributed by atoms with Crippen molar-refractivity contribution < 1.29 is 18.3 Å². The van der Waals surface area contributed by atoms with Crippen molar-refractivity contribution in [2.24, 2.45) is 5.41 Å². The lowest BCUT2D eigenvalue weighted by Gasteiger charge is -2.44. The van der Waals surface area contributed by atoms with E-state index in [1.165, 1.54) is 0 Å². The fourth-order valence-corrected chi connectivity index (χ4v) is 5.22. The first-order valence-corrected chi connectivity index (χ1v) is 8.05. The van der Waals surface area contributed by atoms with Gasteiger partial charge in [0.1, 0.15) is 5.41 Å². The molecule has 1 N–H and O–H groups in total. The SMILES string of the molecule is COC1CCC(O)(C2(C#N)CCS(=O)(=O)C2)CC1. The molecule has 1 aliphatic heterocycles. The molecule has 1 heterocycles. The van der Waals surface area contributed by atoms with Gasteiger partial charge in [0.25, 0.3) is 0 Å². The van der Waals surface area contributed by atoms with Crippen LogP contribution >= 0.6 is 0 Å². The molecule has 0 bridgehead atoms. The van der Waals surface area contributed by atoms with Gasteiger partial charge in [-0.3, -0.25) is 0 Å². The van der Waals surface area contributed by atoms with E-state index in [1.54, 1.807) is 7.11 Å². The summed E-state index contributed by atoms with van der Waals surface area (Å²) >= 11 is 0. The Morgan fingerprint density at radius 1 is 1.33 bits per heavy atom.